The Labute approximate surface area is 105 Å². The van der Waals surface area contributed by atoms with E-state index < -0.39 is 0 Å². The van der Waals surface area contributed by atoms with Gasteiger partial charge in [-0.05, 0) is 39.8 Å². The number of carbonyl (C=O) groups excluding carboxylic acids is 1. The maximum Gasteiger partial charge on any atom is 0.233 e. The predicted molar refractivity (Wildman–Crippen MR) is 71.0 cm³/mol. The third-order valence-corrected chi connectivity index (χ3v) is 3.61. The smallest absolute Gasteiger partial charge is 0.233 e. The molecule has 4 heteroatoms. The molecule has 1 amide bonds. The topological polar surface area (TPSA) is 44.4 Å². The van der Waals surface area contributed by atoms with Gasteiger partial charge in [0.2, 0.25) is 5.91 Å². The molecule has 1 saturated heterocycles. The molecular weight excluding hydrogens is 214 g/mol. The normalized spacial score (nSPS) is 25.8. The average Bonchev–Trinajstić information content (AvgIpc) is 2.31. The summed E-state index contributed by atoms with van der Waals surface area (Å²) >= 11 is 0. The number of nitrogens with one attached hydrogen (secondary N) is 2. The molecule has 0 spiro atoms. The Morgan fingerprint density at radius 2 is 2.24 bits per heavy atom. The highest BCUT2D eigenvalue weighted by atomic mass is 16.1. The first-order valence-electron chi connectivity index (χ1n) is 6.83. The van der Waals surface area contributed by atoms with Crippen molar-refractivity contribution in [3.8, 4) is 0 Å². The van der Waals surface area contributed by atoms with Gasteiger partial charge in [-0.1, -0.05) is 13.3 Å². The van der Waals surface area contributed by atoms with E-state index in [1.807, 2.05) is 0 Å². The van der Waals surface area contributed by atoms with Gasteiger partial charge in [0.25, 0.3) is 0 Å². The summed E-state index contributed by atoms with van der Waals surface area (Å²) in [6, 6.07) is 1.11. The number of unbranched alkanes of at least 4 members (excludes halogenated alkanes) is 1. The minimum absolute atomic E-state index is 0.130. The van der Waals surface area contributed by atoms with Crippen LogP contribution < -0.4 is 10.6 Å². The summed E-state index contributed by atoms with van der Waals surface area (Å²) in [4.78, 5) is 13.9. The fraction of sp³-hybridized carbons (Fsp3) is 0.923. The molecule has 0 radical (unpaired) electrons. The number of carbonyl (C=O) groups is 1. The molecule has 1 fully saturated rings. The summed E-state index contributed by atoms with van der Waals surface area (Å²) in [6.45, 7) is 6.77. The first kappa shape index (κ1) is 14.5. The summed E-state index contributed by atoms with van der Waals surface area (Å²) in [5.74, 6) is 0.130. The third kappa shape index (κ3) is 5.50. The SMILES string of the molecule is CCCCNC(=O)CNC1CCN(C)C(C)C1. The van der Waals surface area contributed by atoms with Crippen molar-refractivity contribution in [3.63, 3.8) is 0 Å². The fourth-order valence-corrected chi connectivity index (χ4v) is 2.18. The summed E-state index contributed by atoms with van der Waals surface area (Å²) in [7, 11) is 2.17. The monoisotopic (exact) mass is 241 g/mol. The summed E-state index contributed by atoms with van der Waals surface area (Å²) in [5.41, 5.74) is 0. The van der Waals surface area contributed by atoms with Crippen molar-refractivity contribution in [2.45, 2.75) is 51.6 Å². The van der Waals surface area contributed by atoms with E-state index in [0.29, 0.717) is 18.6 Å². The van der Waals surface area contributed by atoms with E-state index in [1.165, 1.54) is 0 Å². The van der Waals surface area contributed by atoms with Crippen LogP contribution in [-0.2, 0) is 4.79 Å². The van der Waals surface area contributed by atoms with Gasteiger partial charge in [-0.15, -0.1) is 0 Å². The molecule has 17 heavy (non-hydrogen) atoms. The fourth-order valence-electron chi connectivity index (χ4n) is 2.18. The van der Waals surface area contributed by atoms with E-state index in [4.69, 9.17) is 0 Å². The van der Waals surface area contributed by atoms with Gasteiger partial charge in [0.1, 0.15) is 0 Å². The van der Waals surface area contributed by atoms with Crippen molar-refractivity contribution in [2.75, 3.05) is 26.7 Å². The molecule has 4 nitrogen and oxygen atoms in total. The van der Waals surface area contributed by atoms with Gasteiger partial charge in [-0.2, -0.15) is 0 Å². The van der Waals surface area contributed by atoms with Crippen LogP contribution in [0.4, 0.5) is 0 Å². The van der Waals surface area contributed by atoms with Gasteiger partial charge >= 0.3 is 0 Å². The van der Waals surface area contributed by atoms with Gasteiger partial charge in [0.15, 0.2) is 0 Å². The van der Waals surface area contributed by atoms with Crippen molar-refractivity contribution in [2.24, 2.45) is 0 Å². The number of likely N-dealkylation sites (tertiary alicyclic amines) is 1. The number of nitrogens with zero attached hydrogens (tertiary/aromatic N) is 1. The van der Waals surface area contributed by atoms with E-state index in [-0.39, 0.29) is 5.91 Å². The van der Waals surface area contributed by atoms with Crippen LogP contribution in [0.3, 0.4) is 0 Å². The van der Waals surface area contributed by atoms with Crippen LogP contribution in [0.25, 0.3) is 0 Å². The number of piperidine rings is 1. The second-order valence-electron chi connectivity index (χ2n) is 5.14. The first-order valence-corrected chi connectivity index (χ1v) is 6.83. The van der Waals surface area contributed by atoms with Crippen molar-refractivity contribution in [1.82, 2.24) is 15.5 Å². The van der Waals surface area contributed by atoms with Gasteiger partial charge in [-0.3, -0.25) is 4.79 Å². The Bertz CT molecular complexity index is 233. The van der Waals surface area contributed by atoms with Gasteiger partial charge in [0, 0.05) is 18.6 Å². The second-order valence-corrected chi connectivity index (χ2v) is 5.14. The average molecular weight is 241 g/mol. The molecule has 0 aromatic heterocycles. The lowest BCUT2D eigenvalue weighted by molar-refractivity contribution is -0.120. The lowest BCUT2D eigenvalue weighted by atomic mass is 9.99. The Morgan fingerprint density at radius 3 is 2.88 bits per heavy atom. The predicted octanol–water partition coefficient (Wildman–Crippen LogP) is 0.975. The molecule has 0 saturated carbocycles. The van der Waals surface area contributed by atoms with Crippen LogP contribution in [0, 0.1) is 0 Å². The third-order valence-electron chi connectivity index (χ3n) is 3.61. The Morgan fingerprint density at radius 1 is 1.47 bits per heavy atom. The van der Waals surface area contributed by atoms with E-state index in [0.717, 1.165) is 38.8 Å². The maximum atomic E-state index is 11.5. The van der Waals surface area contributed by atoms with Gasteiger partial charge in [0.05, 0.1) is 6.54 Å². The first-order chi connectivity index (χ1) is 8.13. The minimum atomic E-state index is 0.130. The Balaban J connectivity index is 2.11. The van der Waals surface area contributed by atoms with Crippen molar-refractivity contribution in [3.05, 3.63) is 0 Å². The number of hydrogen-bond acceptors (Lipinski definition) is 3. The molecular formula is C13H27N3O. The molecule has 0 aliphatic carbocycles. The lowest BCUT2D eigenvalue weighted by Gasteiger charge is -2.35. The number of amides is 1. The second kappa shape index (κ2) is 7.67. The molecule has 0 aromatic carbocycles. The minimum Gasteiger partial charge on any atom is -0.355 e. The van der Waals surface area contributed by atoms with E-state index >= 15 is 0 Å². The van der Waals surface area contributed by atoms with Crippen molar-refractivity contribution in [1.29, 1.82) is 0 Å². The lowest BCUT2D eigenvalue weighted by Crippen LogP contribution is -2.48. The number of rotatable bonds is 6. The molecule has 2 atom stereocenters. The highest BCUT2D eigenvalue weighted by molar-refractivity contribution is 5.77. The summed E-state index contributed by atoms with van der Waals surface area (Å²) in [5, 5.41) is 6.29. The molecule has 0 bridgehead atoms. The van der Waals surface area contributed by atoms with Crippen LogP contribution >= 0.6 is 0 Å². The van der Waals surface area contributed by atoms with Gasteiger partial charge < -0.3 is 15.5 Å². The molecule has 100 valence electrons. The molecule has 1 aliphatic heterocycles. The van der Waals surface area contributed by atoms with E-state index in [2.05, 4.69) is 36.4 Å². The summed E-state index contributed by atoms with van der Waals surface area (Å²) < 4.78 is 0. The van der Waals surface area contributed by atoms with Crippen LogP contribution in [0.5, 0.6) is 0 Å². The standard InChI is InChI=1S/C13H27N3O/c1-4-5-7-14-13(17)10-15-12-6-8-16(3)11(2)9-12/h11-12,15H,4-10H2,1-3H3,(H,14,17). The Kier molecular flexibility index (Phi) is 6.52. The highest BCUT2D eigenvalue weighted by Gasteiger charge is 2.22. The maximum absolute atomic E-state index is 11.5. The van der Waals surface area contributed by atoms with Gasteiger partial charge in [-0.25, -0.2) is 0 Å². The van der Waals surface area contributed by atoms with Crippen LogP contribution in [-0.4, -0.2) is 49.6 Å². The zero-order valence-electron chi connectivity index (χ0n) is 11.5. The zero-order chi connectivity index (χ0) is 12.7. The summed E-state index contributed by atoms with van der Waals surface area (Å²) in [6.07, 6.45) is 4.47. The van der Waals surface area contributed by atoms with Crippen LogP contribution in [0.2, 0.25) is 0 Å². The molecule has 1 rings (SSSR count). The molecule has 1 aliphatic rings. The quantitative estimate of drug-likeness (QED) is 0.681. The molecule has 2 unspecified atom stereocenters. The molecule has 0 aromatic rings. The van der Waals surface area contributed by atoms with E-state index in [9.17, 15) is 4.79 Å². The Hall–Kier alpha value is -0.610. The number of hydrogen-bond donors (Lipinski definition) is 2. The largest absolute Gasteiger partial charge is 0.355 e. The molecule has 1 heterocycles. The molecule has 2 N–H and O–H groups in total. The van der Waals surface area contributed by atoms with Crippen molar-refractivity contribution >= 4 is 5.91 Å². The van der Waals surface area contributed by atoms with E-state index in [1.54, 1.807) is 0 Å². The zero-order valence-corrected chi connectivity index (χ0v) is 11.5. The highest BCUT2D eigenvalue weighted by Crippen LogP contribution is 2.14. The van der Waals surface area contributed by atoms with Crippen LogP contribution in [0.15, 0.2) is 0 Å². The van der Waals surface area contributed by atoms with Crippen LogP contribution in [0.1, 0.15) is 39.5 Å². The van der Waals surface area contributed by atoms with Crippen molar-refractivity contribution < 1.29 is 4.79 Å².